The van der Waals surface area contributed by atoms with Crippen LogP contribution in [0.4, 0.5) is 5.69 Å². The number of carbonyl (C=O) groups excluding carboxylic acids is 1. The number of nitriles is 1. The molecule has 0 aromatic heterocycles. The van der Waals surface area contributed by atoms with Crippen molar-refractivity contribution in [3.63, 3.8) is 0 Å². The van der Waals surface area contributed by atoms with Gasteiger partial charge in [-0.25, -0.2) is 0 Å². The molecule has 1 amide bonds. The lowest BCUT2D eigenvalue weighted by molar-refractivity contribution is -0.113. The average Bonchev–Trinajstić information content (AvgIpc) is 2.29. The van der Waals surface area contributed by atoms with Gasteiger partial charge in [-0.15, -0.1) is 0 Å². The minimum atomic E-state index is -0.576. The summed E-state index contributed by atoms with van der Waals surface area (Å²) in [7, 11) is 3.19. The minimum Gasteiger partial charge on any atom is -0.496 e. The average molecular weight is 218 g/mol. The van der Waals surface area contributed by atoms with E-state index in [9.17, 15) is 4.79 Å². The lowest BCUT2D eigenvalue weighted by Gasteiger charge is -2.18. The van der Waals surface area contributed by atoms with Crippen LogP contribution in [0.1, 0.15) is 11.1 Å². The number of rotatable bonds is 2. The van der Waals surface area contributed by atoms with Gasteiger partial charge in [0.05, 0.1) is 7.11 Å². The van der Waals surface area contributed by atoms with Crippen LogP contribution in [0.25, 0.3) is 0 Å². The van der Waals surface area contributed by atoms with Gasteiger partial charge < -0.3 is 9.64 Å². The Kier molecular flexibility index (Phi) is 3.51. The molecule has 0 aliphatic heterocycles. The molecule has 0 aliphatic rings. The van der Waals surface area contributed by atoms with Gasteiger partial charge in [0.1, 0.15) is 5.75 Å². The third-order valence-corrected chi connectivity index (χ3v) is 2.48. The molecule has 0 atom stereocenters. The summed E-state index contributed by atoms with van der Waals surface area (Å²) in [5.74, 6) is 0.201. The molecule has 4 heteroatoms. The molecule has 0 heterocycles. The monoisotopic (exact) mass is 218 g/mol. The summed E-state index contributed by atoms with van der Waals surface area (Å²) in [6.45, 7) is 3.77. The SMILES string of the molecule is COc1cc(C)c(N(C)C(=O)C#N)cc1C. The topological polar surface area (TPSA) is 53.3 Å². The first-order valence-corrected chi connectivity index (χ1v) is 4.84. The Morgan fingerprint density at radius 2 is 2.00 bits per heavy atom. The summed E-state index contributed by atoms with van der Waals surface area (Å²) in [4.78, 5) is 12.6. The molecule has 84 valence electrons. The van der Waals surface area contributed by atoms with Crippen molar-refractivity contribution >= 4 is 11.6 Å². The molecule has 0 bridgehead atoms. The van der Waals surface area contributed by atoms with Gasteiger partial charge in [-0.3, -0.25) is 4.79 Å². The number of carbonyl (C=O) groups is 1. The second-order valence-corrected chi connectivity index (χ2v) is 3.58. The largest absolute Gasteiger partial charge is 0.496 e. The van der Waals surface area contributed by atoms with Gasteiger partial charge in [0.15, 0.2) is 6.07 Å². The predicted molar refractivity (Wildman–Crippen MR) is 61.5 cm³/mol. The van der Waals surface area contributed by atoms with Gasteiger partial charge >= 0.3 is 5.91 Å². The van der Waals surface area contributed by atoms with Crippen LogP contribution in [0.5, 0.6) is 5.75 Å². The highest BCUT2D eigenvalue weighted by Crippen LogP contribution is 2.27. The smallest absolute Gasteiger partial charge is 0.329 e. The predicted octanol–water partition coefficient (Wildman–Crippen LogP) is 1.80. The molecular formula is C12H14N2O2. The van der Waals surface area contributed by atoms with E-state index in [1.54, 1.807) is 20.2 Å². The van der Waals surface area contributed by atoms with Crippen LogP contribution in [-0.2, 0) is 4.79 Å². The third-order valence-electron chi connectivity index (χ3n) is 2.48. The number of ether oxygens (including phenoxy) is 1. The summed E-state index contributed by atoms with van der Waals surface area (Å²) in [5, 5.41) is 8.56. The molecule has 0 radical (unpaired) electrons. The number of nitrogens with zero attached hydrogens (tertiary/aromatic N) is 2. The fourth-order valence-corrected chi connectivity index (χ4v) is 1.54. The Balaban J connectivity index is 3.22. The molecule has 4 nitrogen and oxygen atoms in total. The summed E-state index contributed by atoms with van der Waals surface area (Å²) in [6, 6.07) is 5.28. The fraction of sp³-hybridized carbons (Fsp3) is 0.333. The Bertz CT molecular complexity index is 461. The third kappa shape index (κ3) is 2.14. The van der Waals surface area contributed by atoms with Crippen LogP contribution in [0.2, 0.25) is 0 Å². The van der Waals surface area contributed by atoms with Crippen molar-refractivity contribution in [1.29, 1.82) is 5.26 Å². The fourth-order valence-electron chi connectivity index (χ4n) is 1.54. The molecular weight excluding hydrogens is 204 g/mol. The lowest BCUT2D eigenvalue weighted by Crippen LogP contribution is -2.25. The van der Waals surface area contributed by atoms with E-state index in [0.717, 1.165) is 22.6 Å². The van der Waals surface area contributed by atoms with E-state index in [1.165, 1.54) is 4.90 Å². The van der Waals surface area contributed by atoms with Crippen molar-refractivity contribution in [2.75, 3.05) is 19.1 Å². The molecule has 0 spiro atoms. The molecule has 1 rings (SSSR count). The molecule has 1 aromatic carbocycles. The van der Waals surface area contributed by atoms with Crippen LogP contribution in [0.15, 0.2) is 12.1 Å². The number of hydrogen-bond acceptors (Lipinski definition) is 3. The van der Waals surface area contributed by atoms with E-state index in [4.69, 9.17) is 10.00 Å². The summed E-state index contributed by atoms with van der Waals surface area (Å²) in [5.41, 5.74) is 2.55. The standard InChI is InChI=1S/C12H14N2O2/c1-8-6-11(16-4)9(2)5-10(8)14(3)12(15)7-13/h5-6H,1-4H3. The maximum atomic E-state index is 11.3. The molecule has 0 fully saturated rings. The first-order valence-electron chi connectivity index (χ1n) is 4.84. The molecule has 16 heavy (non-hydrogen) atoms. The van der Waals surface area contributed by atoms with Gasteiger partial charge in [0.2, 0.25) is 0 Å². The van der Waals surface area contributed by atoms with Gasteiger partial charge in [-0.1, -0.05) is 0 Å². The summed E-state index contributed by atoms with van der Waals surface area (Å²) < 4.78 is 5.18. The van der Waals surface area contributed by atoms with E-state index in [-0.39, 0.29) is 0 Å². The summed E-state index contributed by atoms with van der Waals surface area (Å²) >= 11 is 0. The van der Waals surface area contributed by atoms with Crippen molar-refractivity contribution in [3.8, 4) is 11.8 Å². The number of amides is 1. The van der Waals surface area contributed by atoms with Gasteiger partial charge in [0.25, 0.3) is 0 Å². The van der Waals surface area contributed by atoms with Crippen LogP contribution < -0.4 is 9.64 Å². The number of benzene rings is 1. The number of anilines is 1. The van der Waals surface area contributed by atoms with E-state index < -0.39 is 5.91 Å². The second-order valence-electron chi connectivity index (χ2n) is 3.58. The number of aryl methyl sites for hydroxylation is 2. The van der Waals surface area contributed by atoms with Crippen molar-refractivity contribution in [1.82, 2.24) is 0 Å². The number of methoxy groups -OCH3 is 1. The highest BCUT2D eigenvalue weighted by molar-refractivity contribution is 6.04. The highest BCUT2D eigenvalue weighted by Gasteiger charge is 2.14. The van der Waals surface area contributed by atoms with Crippen LogP contribution in [0.3, 0.4) is 0 Å². The van der Waals surface area contributed by atoms with E-state index >= 15 is 0 Å². The molecule has 1 aromatic rings. The minimum absolute atomic E-state index is 0.576. The zero-order chi connectivity index (χ0) is 12.3. The molecule has 0 saturated carbocycles. The van der Waals surface area contributed by atoms with Gasteiger partial charge in [-0.2, -0.15) is 5.26 Å². The van der Waals surface area contributed by atoms with Crippen LogP contribution in [-0.4, -0.2) is 20.1 Å². The van der Waals surface area contributed by atoms with Crippen molar-refractivity contribution < 1.29 is 9.53 Å². The maximum Gasteiger partial charge on any atom is 0.329 e. The summed E-state index contributed by atoms with van der Waals surface area (Å²) in [6.07, 6.45) is 0. The van der Waals surface area contributed by atoms with Crippen molar-refractivity contribution in [2.24, 2.45) is 0 Å². The van der Waals surface area contributed by atoms with Gasteiger partial charge in [-0.05, 0) is 37.1 Å². The lowest BCUT2D eigenvalue weighted by atomic mass is 10.1. The van der Waals surface area contributed by atoms with E-state index in [2.05, 4.69) is 0 Å². The normalized spacial score (nSPS) is 9.44. The van der Waals surface area contributed by atoms with E-state index in [1.807, 2.05) is 26.0 Å². The van der Waals surface area contributed by atoms with Crippen LogP contribution in [0, 0.1) is 25.2 Å². The molecule has 0 unspecified atom stereocenters. The molecule has 0 N–H and O–H groups in total. The Morgan fingerprint density at radius 1 is 1.38 bits per heavy atom. The molecule has 0 saturated heterocycles. The quantitative estimate of drug-likeness (QED) is 0.711. The highest BCUT2D eigenvalue weighted by atomic mass is 16.5. The van der Waals surface area contributed by atoms with Crippen LogP contribution >= 0.6 is 0 Å². The molecule has 0 aliphatic carbocycles. The van der Waals surface area contributed by atoms with E-state index in [0.29, 0.717) is 0 Å². The van der Waals surface area contributed by atoms with Crippen molar-refractivity contribution in [2.45, 2.75) is 13.8 Å². The first-order chi connectivity index (χ1) is 7.51. The van der Waals surface area contributed by atoms with Crippen molar-refractivity contribution in [3.05, 3.63) is 23.3 Å². The Hall–Kier alpha value is -2.02. The Morgan fingerprint density at radius 3 is 2.50 bits per heavy atom. The second kappa shape index (κ2) is 4.67. The maximum absolute atomic E-state index is 11.3. The zero-order valence-electron chi connectivity index (χ0n) is 9.87. The first kappa shape index (κ1) is 12.1. The number of hydrogen-bond donors (Lipinski definition) is 0. The van der Waals surface area contributed by atoms with Gasteiger partial charge in [0, 0.05) is 12.7 Å². The Labute approximate surface area is 95.0 Å². The zero-order valence-corrected chi connectivity index (χ0v) is 9.87.